The van der Waals surface area contributed by atoms with Crippen LogP contribution in [0, 0.1) is 5.92 Å². The number of esters is 1. The average molecular weight is 626 g/mol. The maximum atomic E-state index is 13.6. The number of ether oxygens (including phenoxy) is 3. The smallest absolute Gasteiger partial charge is 0.387 e. The molecule has 0 radical (unpaired) electrons. The summed E-state index contributed by atoms with van der Waals surface area (Å²) in [5.74, 6) is 0.829. The topological polar surface area (TPSA) is 81.1 Å². The fraction of sp³-hybridized carbons (Fsp3) is 0.379. The van der Waals surface area contributed by atoms with Crippen LogP contribution in [0.25, 0.3) is 0 Å². The number of aromatic hydroxyl groups is 1. The Morgan fingerprint density at radius 1 is 1.12 bits per heavy atom. The molecule has 7 nitrogen and oxygen atoms in total. The second-order valence-corrected chi connectivity index (χ2v) is 11.9. The van der Waals surface area contributed by atoms with Gasteiger partial charge in [0.15, 0.2) is 16.9 Å². The normalized spacial score (nSPS) is 17.9. The molecule has 2 atom stereocenters. The molecule has 1 aliphatic heterocycles. The third-order valence-electron chi connectivity index (χ3n) is 6.81. The summed E-state index contributed by atoms with van der Waals surface area (Å²) in [6.45, 7) is -1.54. The van der Waals surface area contributed by atoms with Crippen LogP contribution in [0.1, 0.15) is 35.6 Å². The molecule has 2 aliphatic rings. The van der Waals surface area contributed by atoms with Crippen LogP contribution in [0.5, 0.6) is 17.2 Å². The third kappa shape index (κ3) is 7.94. The highest BCUT2D eigenvalue weighted by Gasteiger charge is 2.35. The Kier molecular flexibility index (Phi) is 9.75. The van der Waals surface area contributed by atoms with Crippen molar-refractivity contribution in [2.45, 2.75) is 43.9 Å². The lowest BCUT2D eigenvalue weighted by Gasteiger charge is -2.26. The van der Waals surface area contributed by atoms with E-state index in [1.165, 1.54) is 30.2 Å². The number of hydrogen-bond acceptors (Lipinski definition) is 8. The molecule has 2 aromatic carbocycles. The number of halogens is 4. The molecule has 1 N–H and O–H groups in total. The summed E-state index contributed by atoms with van der Waals surface area (Å²) < 4.78 is 42.9. The quantitative estimate of drug-likeness (QED) is 0.218. The summed E-state index contributed by atoms with van der Waals surface area (Å²) >= 11 is 14.3. The van der Waals surface area contributed by atoms with Crippen LogP contribution in [0.3, 0.4) is 0 Å². The number of pyridine rings is 1. The Labute approximate surface area is 250 Å². The fourth-order valence-corrected chi connectivity index (χ4v) is 6.20. The van der Waals surface area contributed by atoms with Crippen LogP contribution in [-0.2, 0) is 22.5 Å². The van der Waals surface area contributed by atoms with E-state index in [2.05, 4.69) is 9.72 Å². The predicted octanol–water partition coefficient (Wildman–Crippen LogP) is 6.89. The Morgan fingerprint density at radius 3 is 2.61 bits per heavy atom. The van der Waals surface area contributed by atoms with Gasteiger partial charge in [-0.1, -0.05) is 41.4 Å². The van der Waals surface area contributed by atoms with Crippen molar-refractivity contribution >= 4 is 40.9 Å². The zero-order chi connectivity index (χ0) is 28.9. The van der Waals surface area contributed by atoms with Gasteiger partial charge in [-0.25, -0.2) is 4.79 Å². The number of carbonyl (C=O) groups is 1. The monoisotopic (exact) mass is 624 g/mol. The van der Waals surface area contributed by atoms with Crippen molar-refractivity contribution in [2.24, 2.45) is 5.92 Å². The van der Waals surface area contributed by atoms with E-state index in [-0.39, 0.29) is 23.7 Å². The fourth-order valence-electron chi connectivity index (χ4n) is 4.54. The predicted molar refractivity (Wildman–Crippen MR) is 153 cm³/mol. The number of phenolic OH excluding ortho intramolecular Hbond substituents is 1. The summed E-state index contributed by atoms with van der Waals surface area (Å²) in [4.78, 5) is 19.6. The van der Waals surface area contributed by atoms with Crippen LogP contribution in [0.15, 0.2) is 54.9 Å². The second kappa shape index (κ2) is 13.5. The van der Waals surface area contributed by atoms with Gasteiger partial charge in [-0.05, 0) is 59.7 Å². The molecule has 5 rings (SSSR count). The zero-order valence-corrected chi connectivity index (χ0v) is 24.2. The Morgan fingerprint density at radius 2 is 1.90 bits per heavy atom. The van der Waals surface area contributed by atoms with Gasteiger partial charge in [0.05, 0.1) is 16.7 Å². The van der Waals surface area contributed by atoms with Crippen molar-refractivity contribution in [3.63, 3.8) is 0 Å². The molecule has 3 aromatic rings. The van der Waals surface area contributed by atoms with Crippen molar-refractivity contribution in [3.8, 4) is 17.2 Å². The maximum Gasteiger partial charge on any atom is 0.387 e. The lowest BCUT2D eigenvalue weighted by Crippen LogP contribution is -2.36. The standard InChI is InChI=1S/C29H28Cl2F2N2O5S/c30-22-13-34-14-23(31)21(22)12-25(19-6-7-24(40-29(32)33)26(11-19)38-16-17-4-5-17)39-28(37)27-35(8-9-41-27)15-18-2-1-3-20(36)10-18/h1-3,6-7,10-11,13-14,17,25,27,29,36H,4-5,8-9,12,15-16H2/t25-,27-/m0/s1. The Balaban J connectivity index is 1.41. The summed E-state index contributed by atoms with van der Waals surface area (Å²) in [7, 11) is 0. The van der Waals surface area contributed by atoms with Crippen LogP contribution in [0.4, 0.5) is 8.78 Å². The highest BCUT2D eigenvalue weighted by Crippen LogP contribution is 2.39. The zero-order valence-electron chi connectivity index (χ0n) is 21.9. The first-order valence-electron chi connectivity index (χ1n) is 13.1. The number of nitrogens with zero attached hydrogens (tertiary/aromatic N) is 2. The molecule has 0 bridgehead atoms. The molecule has 0 amide bonds. The Bertz CT molecular complexity index is 1360. The molecule has 12 heteroatoms. The third-order valence-corrected chi connectivity index (χ3v) is 8.69. The van der Waals surface area contributed by atoms with Gasteiger partial charge >= 0.3 is 12.6 Å². The Hall–Kier alpha value is -2.79. The van der Waals surface area contributed by atoms with Gasteiger partial charge in [-0.15, -0.1) is 11.8 Å². The largest absolute Gasteiger partial charge is 0.508 e. The average Bonchev–Trinajstić information content (AvgIpc) is 3.65. The number of phenols is 1. The maximum absolute atomic E-state index is 13.6. The van der Waals surface area contributed by atoms with E-state index < -0.39 is 24.1 Å². The molecule has 41 heavy (non-hydrogen) atoms. The molecule has 2 fully saturated rings. The van der Waals surface area contributed by atoms with E-state index in [0.717, 1.165) is 24.2 Å². The van der Waals surface area contributed by atoms with Gasteiger partial charge in [0.2, 0.25) is 0 Å². The van der Waals surface area contributed by atoms with Crippen LogP contribution in [0.2, 0.25) is 10.0 Å². The van der Waals surface area contributed by atoms with Crippen molar-refractivity contribution in [1.82, 2.24) is 9.88 Å². The van der Waals surface area contributed by atoms with Gasteiger partial charge in [-0.2, -0.15) is 8.78 Å². The summed E-state index contributed by atoms with van der Waals surface area (Å²) in [6, 6.07) is 11.4. The number of rotatable bonds is 12. The second-order valence-electron chi connectivity index (χ2n) is 9.91. The molecular weight excluding hydrogens is 597 g/mol. The van der Waals surface area contributed by atoms with E-state index in [4.69, 9.17) is 32.7 Å². The van der Waals surface area contributed by atoms with Crippen LogP contribution < -0.4 is 9.47 Å². The van der Waals surface area contributed by atoms with E-state index >= 15 is 0 Å². The van der Waals surface area contributed by atoms with E-state index in [1.54, 1.807) is 30.3 Å². The first-order valence-corrected chi connectivity index (χ1v) is 14.9. The molecule has 1 saturated heterocycles. The van der Waals surface area contributed by atoms with Crippen molar-refractivity contribution in [3.05, 3.63) is 81.6 Å². The number of alkyl halides is 2. The van der Waals surface area contributed by atoms with E-state index in [9.17, 15) is 18.7 Å². The number of hydrogen-bond donors (Lipinski definition) is 1. The minimum atomic E-state index is -3.02. The first-order chi connectivity index (χ1) is 19.8. The number of aromatic nitrogens is 1. The van der Waals surface area contributed by atoms with Crippen LogP contribution in [-0.4, -0.2) is 51.8 Å². The minimum absolute atomic E-state index is 0.0990. The highest BCUT2D eigenvalue weighted by molar-refractivity contribution is 8.00. The minimum Gasteiger partial charge on any atom is -0.508 e. The molecule has 0 spiro atoms. The number of thioether (sulfide) groups is 1. The summed E-state index contributed by atoms with van der Waals surface area (Å²) in [6.07, 6.45) is 4.19. The summed E-state index contributed by atoms with van der Waals surface area (Å²) in [5, 5.41) is 9.88. The molecule has 218 valence electrons. The number of benzene rings is 2. The molecule has 2 heterocycles. The van der Waals surface area contributed by atoms with Gasteiger partial charge in [0.1, 0.15) is 11.9 Å². The highest BCUT2D eigenvalue weighted by atomic mass is 35.5. The van der Waals surface area contributed by atoms with Crippen molar-refractivity contribution in [2.75, 3.05) is 18.9 Å². The van der Waals surface area contributed by atoms with Crippen LogP contribution >= 0.6 is 35.0 Å². The lowest BCUT2D eigenvalue weighted by atomic mass is 10.0. The van der Waals surface area contributed by atoms with Crippen molar-refractivity contribution in [1.29, 1.82) is 0 Å². The van der Waals surface area contributed by atoms with Gasteiger partial charge in [0, 0.05) is 37.7 Å². The van der Waals surface area contributed by atoms with E-state index in [0.29, 0.717) is 46.8 Å². The lowest BCUT2D eigenvalue weighted by molar-refractivity contribution is -0.152. The van der Waals surface area contributed by atoms with Crippen molar-refractivity contribution < 1.29 is 32.9 Å². The molecular formula is C29H28Cl2F2N2O5S. The van der Waals surface area contributed by atoms with E-state index in [1.807, 2.05) is 11.0 Å². The number of carbonyl (C=O) groups excluding carboxylic acids is 1. The molecule has 1 aliphatic carbocycles. The summed E-state index contributed by atoms with van der Waals surface area (Å²) in [5.41, 5.74) is 1.91. The molecule has 0 unspecified atom stereocenters. The molecule has 1 saturated carbocycles. The van der Waals surface area contributed by atoms with Gasteiger partial charge in [0.25, 0.3) is 0 Å². The van der Waals surface area contributed by atoms with Gasteiger partial charge < -0.3 is 19.3 Å². The SMILES string of the molecule is O=C(O[C@@H](Cc1c(Cl)cncc1Cl)c1ccc(OC(F)F)c(OCC2CC2)c1)[C@@H]1SCCN1Cc1cccc(O)c1. The first kappa shape index (κ1) is 29.7. The molecule has 1 aromatic heterocycles. The van der Waals surface area contributed by atoms with Gasteiger partial charge in [-0.3, -0.25) is 9.88 Å².